The molecule has 1 aromatic heterocycles. The number of pyridine rings is 1. The number of methoxy groups -OCH3 is 1. The molecule has 3 aromatic rings. The monoisotopic (exact) mass is 288 g/mol. The molecule has 0 saturated carbocycles. The molecule has 0 atom stereocenters. The Morgan fingerprint density at radius 2 is 2.05 bits per heavy atom. The standard InChI is InChI=1S/C14H9ClN2O3/c1-20-12-4-2-3-9-13(15)10-7-8(17(18)19)5-6-11(10)16-14(9)12/h2-7H,1H3. The predicted octanol–water partition coefficient (Wildman–Crippen LogP) is 3.96. The number of benzene rings is 2. The van der Waals surface area contributed by atoms with E-state index in [1.807, 2.05) is 6.07 Å². The Morgan fingerprint density at radius 1 is 1.25 bits per heavy atom. The molecule has 6 heteroatoms. The van der Waals surface area contributed by atoms with Crippen molar-refractivity contribution in [2.24, 2.45) is 0 Å². The van der Waals surface area contributed by atoms with E-state index in [2.05, 4.69) is 4.98 Å². The summed E-state index contributed by atoms with van der Waals surface area (Å²) in [4.78, 5) is 14.9. The first-order valence-electron chi connectivity index (χ1n) is 5.82. The van der Waals surface area contributed by atoms with Gasteiger partial charge in [0.2, 0.25) is 0 Å². The first-order chi connectivity index (χ1) is 9.61. The number of non-ortho nitro benzene ring substituents is 1. The van der Waals surface area contributed by atoms with Gasteiger partial charge >= 0.3 is 0 Å². The predicted molar refractivity (Wildman–Crippen MR) is 77.5 cm³/mol. The van der Waals surface area contributed by atoms with E-state index in [1.54, 1.807) is 25.3 Å². The van der Waals surface area contributed by atoms with Crippen molar-refractivity contribution in [2.75, 3.05) is 7.11 Å². The molecule has 100 valence electrons. The van der Waals surface area contributed by atoms with Crippen LogP contribution in [0.1, 0.15) is 0 Å². The molecule has 0 bridgehead atoms. The van der Waals surface area contributed by atoms with Gasteiger partial charge in [-0.05, 0) is 12.1 Å². The van der Waals surface area contributed by atoms with Gasteiger partial charge in [-0.2, -0.15) is 0 Å². The fraction of sp³-hybridized carbons (Fsp3) is 0.0714. The van der Waals surface area contributed by atoms with Crippen LogP contribution in [-0.2, 0) is 0 Å². The molecule has 0 fully saturated rings. The molecule has 0 radical (unpaired) electrons. The molecule has 0 saturated heterocycles. The van der Waals surface area contributed by atoms with E-state index in [4.69, 9.17) is 16.3 Å². The van der Waals surface area contributed by atoms with Crippen molar-refractivity contribution in [3.8, 4) is 5.75 Å². The number of nitro groups is 1. The number of nitrogens with zero attached hydrogens (tertiary/aromatic N) is 2. The first kappa shape index (κ1) is 12.6. The van der Waals surface area contributed by atoms with Crippen LogP contribution in [0.15, 0.2) is 36.4 Å². The van der Waals surface area contributed by atoms with E-state index in [1.165, 1.54) is 12.1 Å². The average Bonchev–Trinajstić information content (AvgIpc) is 2.46. The summed E-state index contributed by atoms with van der Waals surface area (Å²) in [6.07, 6.45) is 0. The molecule has 0 unspecified atom stereocenters. The summed E-state index contributed by atoms with van der Waals surface area (Å²) in [7, 11) is 1.56. The molecule has 0 aliphatic carbocycles. The summed E-state index contributed by atoms with van der Waals surface area (Å²) >= 11 is 6.36. The molecule has 0 spiro atoms. The third-order valence-corrected chi connectivity index (χ3v) is 3.52. The van der Waals surface area contributed by atoms with Crippen LogP contribution in [0.5, 0.6) is 5.75 Å². The van der Waals surface area contributed by atoms with E-state index >= 15 is 0 Å². The molecule has 5 nitrogen and oxygen atoms in total. The zero-order valence-electron chi connectivity index (χ0n) is 10.5. The molecule has 3 rings (SSSR count). The summed E-state index contributed by atoms with van der Waals surface area (Å²) in [5.74, 6) is 0.615. The van der Waals surface area contributed by atoms with E-state index in [0.717, 1.165) is 0 Å². The van der Waals surface area contributed by atoms with Gasteiger partial charge in [-0.1, -0.05) is 23.7 Å². The van der Waals surface area contributed by atoms with Crippen molar-refractivity contribution in [1.29, 1.82) is 0 Å². The van der Waals surface area contributed by atoms with Gasteiger partial charge in [0.25, 0.3) is 5.69 Å². The summed E-state index contributed by atoms with van der Waals surface area (Å²) in [5, 5.41) is 12.5. The lowest BCUT2D eigenvalue weighted by atomic mass is 10.1. The zero-order chi connectivity index (χ0) is 14.3. The quantitative estimate of drug-likeness (QED) is 0.407. The highest BCUT2D eigenvalue weighted by Gasteiger charge is 2.14. The van der Waals surface area contributed by atoms with E-state index in [-0.39, 0.29) is 5.69 Å². The number of halogens is 1. The zero-order valence-corrected chi connectivity index (χ0v) is 11.2. The molecule has 0 N–H and O–H groups in total. The van der Waals surface area contributed by atoms with Gasteiger partial charge in [0, 0.05) is 22.9 Å². The normalized spacial score (nSPS) is 10.9. The van der Waals surface area contributed by atoms with Crippen molar-refractivity contribution in [2.45, 2.75) is 0 Å². The third-order valence-electron chi connectivity index (χ3n) is 3.12. The number of aromatic nitrogens is 1. The van der Waals surface area contributed by atoms with Gasteiger partial charge in [0.15, 0.2) is 0 Å². The third kappa shape index (κ3) is 1.83. The van der Waals surface area contributed by atoms with Crippen molar-refractivity contribution in [3.63, 3.8) is 0 Å². The maximum atomic E-state index is 10.8. The summed E-state index contributed by atoms with van der Waals surface area (Å²) < 4.78 is 5.26. The fourth-order valence-corrected chi connectivity index (χ4v) is 2.46. The average molecular weight is 289 g/mol. The van der Waals surface area contributed by atoms with Crippen molar-refractivity contribution < 1.29 is 9.66 Å². The van der Waals surface area contributed by atoms with Gasteiger partial charge in [-0.3, -0.25) is 10.1 Å². The van der Waals surface area contributed by atoms with E-state index in [0.29, 0.717) is 32.6 Å². The lowest BCUT2D eigenvalue weighted by Crippen LogP contribution is -1.92. The van der Waals surface area contributed by atoms with Gasteiger partial charge in [-0.25, -0.2) is 4.98 Å². The first-order valence-corrected chi connectivity index (χ1v) is 6.20. The molecular formula is C14H9ClN2O3. The highest BCUT2D eigenvalue weighted by molar-refractivity contribution is 6.40. The fourth-order valence-electron chi connectivity index (χ4n) is 2.16. The van der Waals surface area contributed by atoms with Crippen LogP contribution >= 0.6 is 11.6 Å². The summed E-state index contributed by atoms with van der Waals surface area (Å²) in [6.45, 7) is 0. The van der Waals surface area contributed by atoms with Crippen LogP contribution in [0.4, 0.5) is 5.69 Å². The van der Waals surface area contributed by atoms with Gasteiger partial charge in [0.05, 0.1) is 22.6 Å². The van der Waals surface area contributed by atoms with Gasteiger partial charge in [0.1, 0.15) is 11.3 Å². The molecule has 0 aliphatic heterocycles. The summed E-state index contributed by atoms with van der Waals surface area (Å²) in [5.41, 5.74) is 1.22. The number of hydrogen-bond donors (Lipinski definition) is 0. The molecule has 20 heavy (non-hydrogen) atoms. The Balaban J connectivity index is 2.44. The molecule has 0 amide bonds. The Bertz CT molecular complexity index is 849. The van der Waals surface area contributed by atoms with E-state index < -0.39 is 4.92 Å². The van der Waals surface area contributed by atoms with Crippen molar-refractivity contribution >= 4 is 39.1 Å². The minimum atomic E-state index is -0.453. The van der Waals surface area contributed by atoms with Crippen LogP contribution in [-0.4, -0.2) is 17.0 Å². The Hall–Kier alpha value is -2.40. The Kier molecular flexibility index (Phi) is 2.91. The molecule has 2 aromatic carbocycles. The van der Waals surface area contributed by atoms with Crippen molar-refractivity contribution in [1.82, 2.24) is 4.98 Å². The van der Waals surface area contributed by atoms with Gasteiger partial charge in [-0.15, -0.1) is 0 Å². The second-order valence-corrected chi connectivity index (χ2v) is 4.62. The van der Waals surface area contributed by atoms with Crippen LogP contribution in [0, 0.1) is 10.1 Å². The van der Waals surface area contributed by atoms with Crippen LogP contribution < -0.4 is 4.74 Å². The second-order valence-electron chi connectivity index (χ2n) is 4.24. The van der Waals surface area contributed by atoms with Crippen LogP contribution in [0.3, 0.4) is 0 Å². The second kappa shape index (κ2) is 4.61. The SMILES string of the molecule is COc1cccc2c(Cl)c3cc([N+](=O)[O-])ccc3nc12. The highest BCUT2D eigenvalue weighted by Crippen LogP contribution is 2.35. The van der Waals surface area contributed by atoms with Crippen LogP contribution in [0.2, 0.25) is 5.02 Å². The Morgan fingerprint density at radius 3 is 2.75 bits per heavy atom. The molecule has 1 heterocycles. The number of para-hydroxylation sites is 1. The van der Waals surface area contributed by atoms with Crippen molar-refractivity contribution in [3.05, 3.63) is 51.5 Å². The van der Waals surface area contributed by atoms with E-state index in [9.17, 15) is 10.1 Å². The maximum absolute atomic E-state index is 10.8. The minimum absolute atomic E-state index is 0.0107. The maximum Gasteiger partial charge on any atom is 0.270 e. The highest BCUT2D eigenvalue weighted by atomic mass is 35.5. The van der Waals surface area contributed by atoms with Crippen LogP contribution in [0.25, 0.3) is 21.8 Å². The molecule has 0 aliphatic rings. The number of ether oxygens (including phenoxy) is 1. The summed E-state index contributed by atoms with van der Waals surface area (Å²) in [6, 6.07) is 9.84. The number of fused-ring (bicyclic) bond motifs is 2. The van der Waals surface area contributed by atoms with Gasteiger partial charge < -0.3 is 4.74 Å². The number of rotatable bonds is 2. The molecular weight excluding hydrogens is 280 g/mol. The number of nitro benzene ring substituents is 1. The smallest absolute Gasteiger partial charge is 0.270 e. The minimum Gasteiger partial charge on any atom is -0.494 e. The lowest BCUT2D eigenvalue weighted by molar-refractivity contribution is -0.384. The number of hydrogen-bond acceptors (Lipinski definition) is 4. The topological polar surface area (TPSA) is 65.3 Å². The largest absolute Gasteiger partial charge is 0.494 e. The Labute approximate surface area is 118 Å². The lowest BCUT2D eigenvalue weighted by Gasteiger charge is -2.08.